The van der Waals surface area contributed by atoms with E-state index >= 15 is 0 Å². The van der Waals surface area contributed by atoms with Gasteiger partial charge in [0.1, 0.15) is 0 Å². The van der Waals surface area contributed by atoms with E-state index in [0.29, 0.717) is 13.0 Å². The van der Waals surface area contributed by atoms with E-state index in [1.165, 1.54) is 0 Å². The van der Waals surface area contributed by atoms with Gasteiger partial charge < -0.3 is 10.6 Å². The van der Waals surface area contributed by atoms with Crippen molar-refractivity contribution in [2.45, 2.75) is 32.2 Å². The molecular formula is C13H17BrN2O. The third-order valence-electron chi connectivity index (χ3n) is 3.18. The molecule has 1 aromatic carbocycles. The molecule has 1 saturated heterocycles. The number of hydrogen-bond acceptors (Lipinski definition) is 2. The smallest absolute Gasteiger partial charge is 0.222 e. The second-order valence-corrected chi connectivity index (χ2v) is 5.29. The highest BCUT2D eigenvalue weighted by atomic mass is 79.9. The quantitative estimate of drug-likeness (QED) is 0.853. The molecule has 0 atom stereocenters. The largest absolute Gasteiger partial charge is 0.398 e. The minimum absolute atomic E-state index is 0.248. The molecule has 0 aliphatic carbocycles. The maximum atomic E-state index is 11.9. The summed E-state index contributed by atoms with van der Waals surface area (Å²) in [5.41, 5.74) is 7.72. The van der Waals surface area contributed by atoms with Crippen molar-refractivity contribution in [3.8, 4) is 0 Å². The first-order valence-corrected chi connectivity index (χ1v) is 6.78. The van der Waals surface area contributed by atoms with Crippen LogP contribution in [0, 0.1) is 0 Å². The van der Waals surface area contributed by atoms with Crippen LogP contribution in [0.3, 0.4) is 0 Å². The van der Waals surface area contributed by atoms with Crippen molar-refractivity contribution in [2.24, 2.45) is 0 Å². The Morgan fingerprint density at radius 1 is 1.29 bits per heavy atom. The van der Waals surface area contributed by atoms with Crippen molar-refractivity contribution >= 4 is 27.5 Å². The predicted molar refractivity (Wildman–Crippen MR) is 72.4 cm³/mol. The monoisotopic (exact) mass is 296 g/mol. The summed E-state index contributed by atoms with van der Waals surface area (Å²) in [7, 11) is 0. The molecule has 1 amide bonds. The average molecular weight is 297 g/mol. The lowest BCUT2D eigenvalue weighted by molar-refractivity contribution is -0.131. The molecule has 4 heteroatoms. The third-order valence-corrected chi connectivity index (χ3v) is 3.92. The molecule has 1 heterocycles. The van der Waals surface area contributed by atoms with E-state index in [1.807, 2.05) is 23.1 Å². The Balaban J connectivity index is 2.16. The summed E-state index contributed by atoms with van der Waals surface area (Å²) >= 11 is 3.50. The maximum Gasteiger partial charge on any atom is 0.222 e. The van der Waals surface area contributed by atoms with Crippen LogP contribution in [-0.2, 0) is 11.3 Å². The number of carbonyl (C=O) groups excluding carboxylic acids is 1. The van der Waals surface area contributed by atoms with Gasteiger partial charge in [-0.3, -0.25) is 4.79 Å². The van der Waals surface area contributed by atoms with E-state index < -0.39 is 0 Å². The molecule has 0 radical (unpaired) electrons. The van der Waals surface area contributed by atoms with E-state index in [9.17, 15) is 4.79 Å². The van der Waals surface area contributed by atoms with Crippen molar-refractivity contribution in [3.63, 3.8) is 0 Å². The van der Waals surface area contributed by atoms with Gasteiger partial charge in [0.25, 0.3) is 0 Å². The predicted octanol–water partition coefficient (Wildman–Crippen LogP) is 2.93. The van der Waals surface area contributed by atoms with Gasteiger partial charge in [-0.15, -0.1) is 0 Å². The molecule has 0 unspecified atom stereocenters. The summed E-state index contributed by atoms with van der Waals surface area (Å²) < 4.78 is 0.981. The van der Waals surface area contributed by atoms with Crippen LogP contribution in [0.2, 0.25) is 0 Å². The van der Waals surface area contributed by atoms with Crippen LogP contribution in [0.15, 0.2) is 22.7 Å². The Bertz CT molecular complexity index is 400. The van der Waals surface area contributed by atoms with Gasteiger partial charge in [-0.05, 0) is 25.0 Å². The Hall–Kier alpha value is -1.03. The summed E-state index contributed by atoms with van der Waals surface area (Å²) in [6.45, 7) is 1.46. The number of hydrogen-bond donors (Lipinski definition) is 1. The number of carbonyl (C=O) groups is 1. The van der Waals surface area contributed by atoms with E-state index in [4.69, 9.17) is 5.73 Å². The normalized spacial score (nSPS) is 17.0. The second-order valence-electron chi connectivity index (χ2n) is 4.43. The molecule has 0 spiro atoms. The summed E-state index contributed by atoms with van der Waals surface area (Å²) in [6.07, 6.45) is 3.93. The van der Waals surface area contributed by atoms with Gasteiger partial charge >= 0.3 is 0 Å². The van der Waals surface area contributed by atoms with Crippen LogP contribution in [0.4, 0.5) is 5.69 Å². The SMILES string of the molecule is Nc1cccc(Br)c1CN1CCCCCC1=O. The fourth-order valence-electron chi connectivity index (χ4n) is 2.14. The van der Waals surface area contributed by atoms with Crippen molar-refractivity contribution in [1.82, 2.24) is 4.90 Å². The van der Waals surface area contributed by atoms with E-state index in [2.05, 4.69) is 15.9 Å². The molecule has 1 fully saturated rings. The van der Waals surface area contributed by atoms with Gasteiger partial charge in [0.05, 0.1) is 0 Å². The zero-order valence-corrected chi connectivity index (χ0v) is 11.4. The highest BCUT2D eigenvalue weighted by Crippen LogP contribution is 2.25. The molecule has 1 aliphatic rings. The maximum absolute atomic E-state index is 11.9. The molecule has 1 aromatic rings. The topological polar surface area (TPSA) is 46.3 Å². The van der Waals surface area contributed by atoms with Crippen LogP contribution >= 0.6 is 15.9 Å². The molecule has 2 N–H and O–H groups in total. The van der Waals surface area contributed by atoms with Crippen LogP contribution in [0.5, 0.6) is 0 Å². The van der Waals surface area contributed by atoms with Crippen molar-refractivity contribution in [1.29, 1.82) is 0 Å². The lowest BCUT2D eigenvalue weighted by Gasteiger charge is -2.22. The van der Waals surface area contributed by atoms with Crippen LogP contribution in [0.1, 0.15) is 31.2 Å². The van der Waals surface area contributed by atoms with Crippen molar-refractivity contribution in [3.05, 3.63) is 28.2 Å². The van der Waals surface area contributed by atoms with Gasteiger partial charge in [-0.25, -0.2) is 0 Å². The van der Waals surface area contributed by atoms with Crippen molar-refractivity contribution in [2.75, 3.05) is 12.3 Å². The first-order valence-electron chi connectivity index (χ1n) is 5.99. The minimum atomic E-state index is 0.248. The number of likely N-dealkylation sites (tertiary alicyclic amines) is 1. The molecule has 1 aliphatic heterocycles. The average Bonchev–Trinajstić information content (AvgIpc) is 2.49. The van der Waals surface area contributed by atoms with Gasteiger partial charge in [-0.1, -0.05) is 28.4 Å². The van der Waals surface area contributed by atoms with Crippen molar-refractivity contribution < 1.29 is 4.79 Å². The highest BCUT2D eigenvalue weighted by molar-refractivity contribution is 9.10. The Morgan fingerprint density at radius 2 is 2.12 bits per heavy atom. The third kappa shape index (κ3) is 3.00. The minimum Gasteiger partial charge on any atom is -0.398 e. The molecular weight excluding hydrogens is 280 g/mol. The zero-order valence-electron chi connectivity index (χ0n) is 9.79. The fraction of sp³-hybridized carbons (Fsp3) is 0.462. The molecule has 2 rings (SSSR count). The number of benzene rings is 1. The van der Waals surface area contributed by atoms with Crippen LogP contribution in [-0.4, -0.2) is 17.4 Å². The molecule has 0 saturated carbocycles. The standard InChI is InChI=1S/C13H17BrN2O/c14-11-5-4-6-12(15)10(11)9-16-8-3-1-2-7-13(16)17/h4-6H,1-3,7-9,15H2. The lowest BCUT2D eigenvalue weighted by Crippen LogP contribution is -2.30. The fourth-order valence-corrected chi connectivity index (χ4v) is 2.65. The van der Waals surface area contributed by atoms with Gasteiger partial charge in [0, 0.05) is 35.2 Å². The number of anilines is 1. The van der Waals surface area contributed by atoms with Gasteiger partial charge in [0.15, 0.2) is 0 Å². The number of halogens is 1. The Kier molecular flexibility index (Phi) is 4.05. The van der Waals surface area contributed by atoms with E-state index in [0.717, 1.165) is 41.5 Å². The molecule has 17 heavy (non-hydrogen) atoms. The van der Waals surface area contributed by atoms with Crippen LogP contribution < -0.4 is 5.73 Å². The first-order chi connectivity index (χ1) is 8.18. The van der Waals surface area contributed by atoms with Gasteiger partial charge in [0.2, 0.25) is 5.91 Å². The van der Waals surface area contributed by atoms with Gasteiger partial charge in [-0.2, -0.15) is 0 Å². The molecule has 92 valence electrons. The second kappa shape index (κ2) is 5.54. The van der Waals surface area contributed by atoms with E-state index in [-0.39, 0.29) is 5.91 Å². The number of nitrogens with two attached hydrogens (primary N) is 1. The highest BCUT2D eigenvalue weighted by Gasteiger charge is 2.18. The van der Waals surface area contributed by atoms with Crippen LogP contribution in [0.25, 0.3) is 0 Å². The lowest BCUT2D eigenvalue weighted by atomic mass is 10.1. The molecule has 0 bridgehead atoms. The number of amides is 1. The summed E-state index contributed by atoms with van der Waals surface area (Å²) in [4.78, 5) is 13.8. The Morgan fingerprint density at radius 3 is 2.88 bits per heavy atom. The first kappa shape index (κ1) is 12.4. The number of nitrogen functional groups attached to an aromatic ring is 1. The zero-order chi connectivity index (χ0) is 12.3. The molecule has 3 nitrogen and oxygen atoms in total. The number of rotatable bonds is 2. The summed E-state index contributed by atoms with van der Waals surface area (Å²) in [5.74, 6) is 0.248. The number of nitrogens with zero attached hydrogens (tertiary/aromatic N) is 1. The van der Waals surface area contributed by atoms with E-state index in [1.54, 1.807) is 0 Å². The molecule has 0 aromatic heterocycles. The Labute approximate surface area is 110 Å². The summed E-state index contributed by atoms with van der Waals surface area (Å²) in [6, 6.07) is 5.75. The summed E-state index contributed by atoms with van der Waals surface area (Å²) in [5, 5.41) is 0.